The van der Waals surface area contributed by atoms with Gasteiger partial charge in [-0.15, -0.1) is 0 Å². The SMILES string of the molecule is CNS(=O)(=O)CNN. The van der Waals surface area contributed by atoms with Crippen LogP contribution in [0.25, 0.3) is 0 Å². The monoisotopic (exact) mass is 139 g/mol. The summed E-state index contributed by atoms with van der Waals surface area (Å²) in [6.07, 6.45) is 0. The number of hydrogen-bond acceptors (Lipinski definition) is 4. The van der Waals surface area contributed by atoms with E-state index >= 15 is 0 Å². The summed E-state index contributed by atoms with van der Waals surface area (Å²) in [4.78, 5) is 0. The molecule has 0 heterocycles. The van der Waals surface area contributed by atoms with Crippen LogP contribution in [-0.2, 0) is 10.0 Å². The number of sulfonamides is 1. The summed E-state index contributed by atoms with van der Waals surface area (Å²) in [5.41, 5.74) is 2.01. The Bertz CT molecular complexity index is 139. The second-order valence-corrected chi connectivity index (χ2v) is 3.09. The van der Waals surface area contributed by atoms with Crippen LogP contribution >= 0.6 is 0 Å². The van der Waals surface area contributed by atoms with Gasteiger partial charge in [-0.2, -0.15) is 0 Å². The first kappa shape index (κ1) is 7.83. The molecule has 0 radical (unpaired) electrons. The van der Waals surface area contributed by atoms with Gasteiger partial charge in [0, 0.05) is 0 Å². The highest BCUT2D eigenvalue weighted by molar-refractivity contribution is 7.89. The van der Waals surface area contributed by atoms with E-state index in [1.54, 1.807) is 0 Å². The quantitative estimate of drug-likeness (QED) is 0.310. The van der Waals surface area contributed by atoms with Crippen molar-refractivity contribution < 1.29 is 8.42 Å². The molecule has 0 aliphatic carbocycles. The van der Waals surface area contributed by atoms with Gasteiger partial charge >= 0.3 is 0 Å². The third kappa shape index (κ3) is 2.92. The largest absolute Gasteiger partial charge is 0.270 e. The Morgan fingerprint density at radius 3 is 2.25 bits per heavy atom. The molecule has 0 aromatic carbocycles. The fourth-order valence-corrected chi connectivity index (χ4v) is 0.546. The van der Waals surface area contributed by atoms with Crippen molar-refractivity contribution in [2.24, 2.45) is 5.84 Å². The fraction of sp³-hybridized carbons (Fsp3) is 1.00. The van der Waals surface area contributed by atoms with E-state index in [-0.39, 0.29) is 5.88 Å². The van der Waals surface area contributed by atoms with Gasteiger partial charge in [-0.3, -0.25) is 5.84 Å². The van der Waals surface area contributed by atoms with E-state index in [0.29, 0.717) is 0 Å². The van der Waals surface area contributed by atoms with Crippen LogP contribution in [-0.4, -0.2) is 21.3 Å². The molecule has 50 valence electrons. The third-order valence-electron chi connectivity index (χ3n) is 0.584. The van der Waals surface area contributed by atoms with Crippen molar-refractivity contribution in [3.63, 3.8) is 0 Å². The summed E-state index contributed by atoms with van der Waals surface area (Å²) < 4.78 is 22.8. The highest BCUT2D eigenvalue weighted by Crippen LogP contribution is 1.72. The number of nitrogens with two attached hydrogens (primary N) is 1. The second kappa shape index (κ2) is 2.98. The van der Waals surface area contributed by atoms with E-state index in [4.69, 9.17) is 5.84 Å². The lowest BCUT2D eigenvalue weighted by atomic mass is 11.5. The van der Waals surface area contributed by atoms with Crippen LogP contribution in [0.4, 0.5) is 0 Å². The molecule has 0 rings (SSSR count). The molecule has 0 saturated heterocycles. The second-order valence-electron chi connectivity index (χ2n) is 1.17. The molecule has 0 bridgehead atoms. The highest BCUT2D eigenvalue weighted by Gasteiger charge is 2.01. The molecule has 8 heavy (non-hydrogen) atoms. The molecule has 0 amide bonds. The van der Waals surface area contributed by atoms with E-state index in [1.165, 1.54) is 7.05 Å². The smallest absolute Gasteiger partial charge is 0.225 e. The maximum atomic E-state index is 10.3. The average Bonchev–Trinajstić information content (AvgIpc) is 1.67. The third-order valence-corrected chi connectivity index (χ3v) is 1.75. The predicted octanol–water partition coefficient (Wildman–Crippen LogP) is -2.04. The lowest BCUT2D eigenvalue weighted by Crippen LogP contribution is -2.34. The van der Waals surface area contributed by atoms with Gasteiger partial charge in [0.15, 0.2) is 0 Å². The van der Waals surface area contributed by atoms with Crippen LogP contribution in [0, 0.1) is 0 Å². The Balaban J connectivity index is 3.76. The predicted molar refractivity (Wildman–Crippen MR) is 30.2 cm³/mol. The van der Waals surface area contributed by atoms with E-state index in [2.05, 4.69) is 4.72 Å². The van der Waals surface area contributed by atoms with Crippen molar-refractivity contribution in [1.82, 2.24) is 10.1 Å². The van der Waals surface area contributed by atoms with Crippen LogP contribution in [0.3, 0.4) is 0 Å². The lowest BCUT2D eigenvalue weighted by Gasteiger charge is -1.97. The molecule has 0 aromatic rings. The molecular formula is C2H9N3O2S. The van der Waals surface area contributed by atoms with Crippen molar-refractivity contribution in [3.8, 4) is 0 Å². The number of rotatable bonds is 3. The maximum Gasteiger partial charge on any atom is 0.225 e. The minimum Gasteiger partial charge on any atom is -0.270 e. The van der Waals surface area contributed by atoms with E-state index in [1.807, 2.05) is 5.43 Å². The van der Waals surface area contributed by atoms with E-state index in [9.17, 15) is 8.42 Å². The Hall–Kier alpha value is -0.170. The fourth-order valence-electron chi connectivity index (χ4n) is 0.182. The van der Waals surface area contributed by atoms with Crippen molar-refractivity contribution in [3.05, 3.63) is 0 Å². The van der Waals surface area contributed by atoms with Gasteiger partial charge in [-0.25, -0.2) is 18.6 Å². The van der Waals surface area contributed by atoms with Gasteiger partial charge in [-0.05, 0) is 7.05 Å². The minimum absolute atomic E-state index is 0.247. The Kier molecular flexibility index (Phi) is 2.91. The van der Waals surface area contributed by atoms with Gasteiger partial charge in [0.05, 0.1) is 0 Å². The molecule has 0 aliphatic rings. The molecule has 0 unspecified atom stereocenters. The molecule has 0 aliphatic heterocycles. The van der Waals surface area contributed by atoms with Crippen LogP contribution in [0.1, 0.15) is 0 Å². The number of hydrogen-bond donors (Lipinski definition) is 3. The molecule has 0 atom stereocenters. The normalized spacial score (nSPS) is 11.8. The molecule has 0 aromatic heterocycles. The van der Waals surface area contributed by atoms with Crippen LogP contribution < -0.4 is 16.0 Å². The van der Waals surface area contributed by atoms with Crippen LogP contribution in [0.15, 0.2) is 0 Å². The molecule has 0 fully saturated rings. The average molecular weight is 139 g/mol. The van der Waals surface area contributed by atoms with E-state index < -0.39 is 10.0 Å². The Morgan fingerprint density at radius 1 is 1.62 bits per heavy atom. The van der Waals surface area contributed by atoms with Crippen molar-refractivity contribution in [2.45, 2.75) is 0 Å². The number of hydrazine groups is 1. The summed E-state index contributed by atoms with van der Waals surface area (Å²) in [5.74, 6) is 4.47. The summed E-state index contributed by atoms with van der Waals surface area (Å²) in [6.45, 7) is 0. The van der Waals surface area contributed by atoms with Crippen molar-refractivity contribution in [1.29, 1.82) is 0 Å². The first-order valence-electron chi connectivity index (χ1n) is 1.97. The zero-order valence-electron chi connectivity index (χ0n) is 4.51. The molecular weight excluding hydrogens is 130 g/mol. The van der Waals surface area contributed by atoms with E-state index in [0.717, 1.165) is 0 Å². The first-order chi connectivity index (χ1) is 3.62. The van der Waals surface area contributed by atoms with Gasteiger partial charge in [0.25, 0.3) is 0 Å². The molecule has 6 heteroatoms. The number of nitrogens with one attached hydrogen (secondary N) is 2. The molecule has 4 N–H and O–H groups in total. The van der Waals surface area contributed by atoms with Crippen LogP contribution in [0.2, 0.25) is 0 Å². The van der Waals surface area contributed by atoms with Gasteiger partial charge in [-0.1, -0.05) is 0 Å². The molecule has 0 spiro atoms. The zero-order valence-corrected chi connectivity index (χ0v) is 5.33. The van der Waals surface area contributed by atoms with Crippen LogP contribution in [0.5, 0.6) is 0 Å². The minimum atomic E-state index is -3.16. The summed E-state index contributed by atoms with van der Waals surface area (Å²) >= 11 is 0. The maximum absolute atomic E-state index is 10.3. The standard InChI is InChI=1S/C2H9N3O2S/c1-4-8(6,7)2-5-3/h4-5H,2-3H2,1H3. The highest BCUT2D eigenvalue weighted by atomic mass is 32.2. The zero-order chi connectivity index (χ0) is 6.62. The van der Waals surface area contributed by atoms with Gasteiger partial charge in [0.1, 0.15) is 5.88 Å². The molecule has 5 nitrogen and oxygen atoms in total. The van der Waals surface area contributed by atoms with Gasteiger partial charge in [0.2, 0.25) is 10.0 Å². The van der Waals surface area contributed by atoms with Crippen molar-refractivity contribution >= 4 is 10.0 Å². The lowest BCUT2D eigenvalue weighted by molar-refractivity contribution is 0.581. The summed E-state index contributed by atoms with van der Waals surface area (Å²) in [7, 11) is -1.83. The Labute approximate surface area is 48.3 Å². The topological polar surface area (TPSA) is 84.2 Å². The van der Waals surface area contributed by atoms with Crippen molar-refractivity contribution in [2.75, 3.05) is 12.9 Å². The van der Waals surface area contributed by atoms with Gasteiger partial charge < -0.3 is 0 Å². The Morgan fingerprint density at radius 2 is 2.12 bits per heavy atom. The first-order valence-corrected chi connectivity index (χ1v) is 3.62. The summed E-state index contributed by atoms with van der Waals surface area (Å²) in [6, 6.07) is 0. The molecule has 0 saturated carbocycles. The summed E-state index contributed by atoms with van der Waals surface area (Å²) in [5, 5.41) is 0.